The number of nitro groups is 1. The van der Waals surface area contributed by atoms with Crippen LogP contribution in [0.4, 0.5) is 18.9 Å². The molecule has 0 unspecified atom stereocenters. The molecule has 0 fully saturated rings. The molecular weight excluding hydrogens is 474 g/mol. The molecule has 0 heterocycles. The van der Waals surface area contributed by atoms with Crippen molar-refractivity contribution >= 4 is 39.7 Å². The van der Waals surface area contributed by atoms with E-state index in [4.69, 9.17) is 17.3 Å². The molecule has 0 aromatic heterocycles. The van der Waals surface area contributed by atoms with Gasteiger partial charge in [-0.15, -0.1) is 25.6 Å². The second-order valence-corrected chi connectivity index (χ2v) is 8.33. The molecule has 0 saturated carbocycles. The minimum atomic E-state index is -4.91. The summed E-state index contributed by atoms with van der Waals surface area (Å²) < 4.78 is 66.8. The van der Waals surface area contributed by atoms with Crippen molar-refractivity contribution in [1.82, 2.24) is 4.31 Å². The number of non-ortho nitro benzene ring substituents is 1. The summed E-state index contributed by atoms with van der Waals surface area (Å²) in [5, 5.41) is 10.3. The minimum Gasteiger partial charge on any atom is -0.404 e. The van der Waals surface area contributed by atoms with Crippen LogP contribution in [0.25, 0.3) is 0 Å². The lowest BCUT2D eigenvalue weighted by atomic mass is 10.1. The van der Waals surface area contributed by atoms with Crippen LogP contribution < -0.4 is 10.5 Å². The van der Waals surface area contributed by atoms with Crippen molar-refractivity contribution in [2.45, 2.75) is 17.3 Å². The van der Waals surface area contributed by atoms with Crippen molar-refractivity contribution in [3.8, 4) is 5.75 Å². The van der Waals surface area contributed by atoms with Gasteiger partial charge in [-0.05, 0) is 29.8 Å². The summed E-state index contributed by atoms with van der Waals surface area (Å²) in [5.74, 6) is -0.609. The summed E-state index contributed by atoms with van der Waals surface area (Å²) in [4.78, 5) is 9.84. The average Bonchev–Trinajstić information content (AvgIpc) is 2.62. The van der Waals surface area contributed by atoms with Gasteiger partial charge in [-0.25, -0.2) is 8.42 Å². The molecule has 0 aliphatic heterocycles. The quantitative estimate of drug-likeness (QED) is 0.465. The first kappa shape index (κ1) is 25.9. The molecule has 0 bridgehead atoms. The summed E-state index contributed by atoms with van der Waals surface area (Å²) in [5.41, 5.74) is 5.99. The number of likely N-dealkylation sites (N-methyl/N-ethyl adjacent to an activating group) is 1. The highest BCUT2D eigenvalue weighted by atomic mass is 35.5. The number of hydrogen-bond donors (Lipinski definition) is 1. The molecule has 0 aliphatic rings. The van der Waals surface area contributed by atoms with Gasteiger partial charge in [-0.3, -0.25) is 10.1 Å². The van der Waals surface area contributed by atoms with Crippen molar-refractivity contribution in [1.29, 1.82) is 0 Å². The standard InChI is InChI=1S/C16H15ClF3N3O5S.ClH/c1-22(29(26,27)12-5-3-11(4-6-12)23(24)25)9-14(21)10-2-7-15(13(17)8-10)28-16(18,19)20;/h2-8,14H,9,21H2,1H3;1H/t14-;/m0./s1. The van der Waals surface area contributed by atoms with E-state index in [0.29, 0.717) is 0 Å². The number of alkyl halides is 3. The number of benzene rings is 2. The molecule has 2 N–H and O–H groups in total. The Morgan fingerprint density at radius 2 is 1.80 bits per heavy atom. The number of halogens is 5. The van der Waals surface area contributed by atoms with Gasteiger partial charge in [0, 0.05) is 31.8 Å². The summed E-state index contributed by atoms with van der Waals surface area (Å²) in [6, 6.07) is 6.76. The third-order valence-corrected chi connectivity index (χ3v) is 5.95. The molecule has 1 atom stereocenters. The van der Waals surface area contributed by atoms with Crippen molar-refractivity contribution in [3.05, 3.63) is 63.2 Å². The number of hydrogen-bond acceptors (Lipinski definition) is 6. The predicted octanol–water partition coefficient (Wildman–Crippen LogP) is 3.89. The highest BCUT2D eigenvalue weighted by molar-refractivity contribution is 7.89. The van der Waals surface area contributed by atoms with Crippen LogP contribution in [0.1, 0.15) is 11.6 Å². The van der Waals surface area contributed by atoms with Crippen molar-refractivity contribution in [2.75, 3.05) is 13.6 Å². The van der Waals surface area contributed by atoms with Crippen LogP contribution >= 0.6 is 24.0 Å². The Balaban J connectivity index is 0.00000450. The minimum absolute atomic E-state index is 0. The van der Waals surface area contributed by atoms with Gasteiger partial charge >= 0.3 is 6.36 Å². The van der Waals surface area contributed by atoms with E-state index in [-0.39, 0.29) is 40.1 Å². The van der Waals surface area contributed by atoms with E-state index in [1.807, 2.05) is 0 Å². The number of rotatable bonds is 7. The fourth-order valence-corrected chi connectivity index (χ4v) is 3.78. The number of nitro benzene ring substituents is 1. The van der Waals surface area contributed by atoms with Crippen LogP contribution in [0.2, 0.25) is 5.02 Å². The molecule has 166 valence electrons. The summed E-state index contributed by atoms with van der Waals surface area (Å²) in [6.45, 7) is -0.227. The Kier molecular flexibility index (Phi) is 8.46. The predicted molar refractivity (Wildman–Crippen MR) is 105 cm³/mol. The SMILES string of the molecule is CN(C[C@H](N)c1ccc(OC(F)(F)F)c(Cl)c1)S(=O)(=O)c1ccc([N+](=O)[O-])cc1.Cl. The van der Waals surface area contributed by atoms with Gasteiger partial charge in [-0.1, -0.05) is 17.7 Å². The van der Waals surface area contributed by atoms with E-state index in [2.05, 4.69) is 4.74 Å². The van der Waals surface area contributed by atoms with E-state index in [9.17, 15) is 31.7 Å². The fourth-order valence-electron chi connectivity index (χ4n) is 2.36. The molecule has 14 heteroatoms. The van der Waals surface area contributed by atoms with Crippen molar-refractivity contribution in [3.63, 3.8) is 0 Å². The molecule has 0 amide bonds. The number of nitrogens with two attached hydrogens (primary N) is 1. The Hall–Kier alpha value is -2.12. The van der Waals surface area contributed by atoms with E-state index in [0.717, 1.165) is 40.7 Å². The third-order valence-electron chi connectivity index (χ3n) is 3.82. The normalized spacial score (nSPS) is 12.9. The number of ether oxygens (including phenoxy) is 1. The molecular formula is C16H16Cl2F3N3O5S. The highest BCUT2D eigenvalue weighted by Gasteiger charge is 2.32. The summed E-state index contributed by atoms with van der Waals surface area (Å²) in [7, 11) is -2.75. The van der Waals surface area contributed by atoms with Crippen LogP contribution in [0, 0.1) is 10.1 Å². The van der Waals surface area contributed by atoms with Gasteiger partial charge in [0.1, 0.15) is 5.75 Å². The Bertz CT molecular complexity index is 1000. The molecule has 0 spiro atoms. The van der Waals surface area contributed by atoms with Crippen LogP contribution in [0.15, 0.2) is 47.4 Å². The maximum Gasteiger partial charge on any atom is 0.573 e. The smallest absolute Gasteiger partial charge is 0.404 e. The monoisotopic (exact) mass is 489 g/mol. The van der Waals surface area contributed by atoms with E-state index < -0.39 is 33.1 Å². The summed E-state index contributed by atoms with van der Waals surface area (Å²) >= 11 is 5.77. The van der Waals surface area contributed by atoms with Gasteiger partial charge in [0.05, 0.1) is 14.8 Å². The molecule has 2 aromatic carbocycles. The van der Waals surface area contributed by atoms with Gasteiger partial charge < -0.3 is 10.5 Å². The van der Waals surface area contributed by atoms with Gasteiger partial charge in [0.15, 0.2) is 0 Å². The van der Waals surface area contributed by atoms with Gasteiger partial charge in [0.25, 0.3) is 5.69 Å². The van der Waals surface area contributed by atoms with Crippen LogP contribution in [0.5, 0.6) is 5.75 Å². The first-order valence-corrected chi connectivity index (χ1v) is 9.64. The zero-order valence-electron chi connectivity index (χ0n) is 15.2. The van der Waals surface area contributed by atoms with Crippen molar-refractivity contribution in [2.24, 2.45) is 5.73 Å². The average molecular weight is 490 g/mol. The molecule has 30 heavy (non-hydrogen) atoms. The van der Waals surface area contributed by atoms with E-state index in [1.54, 1.807) is 0 Å². The largest absolute Gasteiger partial charge is 0.573 e. The molecule has 0 aliphatic carbocycles. The van der Waals surface area contributed by atoms with Crippen LogP contribution in [-0.4, -0.2) is 37.6 Å². The second-order valence-electron chi connectivity index (χ2n) is 5.88. The number of nitrogens with zero attached hydrogens (tertiary/aromatic N) is 2. The molecule has 2 rings (SSSR count). The van der Waals surface area contributed by atoms with Gasteiger partial charge in [-0.2, -0.15) is 4.31 Å². The molecule has 0 saturated heterocycles. The van der Waals surface area contributed by atoms with Crippen LogP contribution in [-0.2, 0) is 10.0 Å². The summed E-state index contributed by atoms with van der Waals surface area (Å²) in [6.07, 6.45) is -4.91. The zero-order valence-corrected chi connectivity index (χ0v) is 17.6. The fraction of sp³-hybridized carbons (Fsp3) is 0.250. The first-order valence-electron chi connectivity index (χ1n) is 7.83. The lowest BCUT2D eigenvalue weighted by Gasteiger charge is -2.22. The topological polar surface area (TPSA) is 116 Å². The zero-order chi connectivity index (χ0) is 22.0. The molecule has 2 aromatic rings. The van der Waals surface area contributed by atoms with E-state index in [1.165, 1.54) is 13.1 Å². The van der Waals surface area contributed by atoms with Crippen LogP contribution in [0.3, 0.4) is 0 Å². The Morgan fingerprint density at radius 3 is 2.27 bits per heavy atom. The molecule has 8 nitrogen and oxygen atoms in total. The Labute approximate surface area is 181 Å². The highest BCUT2D eigenvalue weighted by Crippen LogP contribution is 2.32. The third kappa shape index (κ3) is 6.44. The number of sulfonamides is 1. The maximum absolute atomic E-state index is 12.6. The van der Waals surface area contributed by atoms with Crippen molar-refractivity contribution < 1.29 is 31.2 Å². The first-order chi connectivity index (χ1) is 13.3. The maximum atomic E-state index is 12.6. The molecule has 0 radical (unpaired) electrons. The van der Waals surface area contributed by atoms with E-state index >= 15 is 0 Å². The van der Waals surface area contributed by atoms with Gasteiger partial charge in [0.2, 0.25) is 10.0 Å². The lowest BCUT2D eigenvalue weighted by Crippen LogP contribution is -2.34. The Morgan fingerprint density at radius 1 is 1.23 bits per heavy atom. The lowest BCUT2D eigenvalue weighted by molar-refractivity contribution is -0.384. The second kappa shape index (κ2) is 9.79.